The van der Waals surface area contributed by atoms with Crippen LogP contribution in [0.4, 0.5) is 22.0 Å². The molecule has 13 heavy (non-hydrogen) atoms. The highest BCUT2D eigenvalue weighted by atomic mass is 19.4. The van der Waals surface area contributed by atoms with Gasteiger partial charge in [0.1, 0.15) is 0 Å². The van der Waals surface area contributed by atoms with Gasteiger partial charge in [0.15, 0.2) is 5.92 Å². The molecule has 0 amide bonds. The molecular formula is C6H7F5N2. The van der Waals surface area contributed by atoms with Crippen LogP contribution in [0.25, 0.3) is 0 Å². The van der Waals surface area contributed by atoms with Gasteiger partial charge in [-0.15, -0.1) is 0 Å². The van der Waals surface area contributed by atoms with Crippen LogP contribution in [0.1, 0.15) is 0 Å². The van der Waals surface area contributed by atoms with E-state index in [1.54, 1.807) is 0 Å². The van der Waals surface area contributed by atoms with Gasteiger partial charge in [0, 0.05) is 6.54 Å². The lowest BCUT2D eigenvalue weighted by Crippen LogP contribution is -2.34. The Labute approximate surface area is 71.3 Å². The summed E-state index contributed by atoms with van der Waals surface area (Å²) >= 11 is 0. The van der Waals surface area contributed by atoms with Crippen molar-refractivity contribution in [2.45, 2.75) is 12.6 Å². The first-order valence-corrected chi connectivity index (χ1v) is 3.33. The molecule has 0 heterocycles. The van der Waals surface area contributed by atoms with E-state index in [0.29, 0.717) is 0 Å². The number of rotatable bonds is 4. The van der Waals surface area contributed by atoms with Crippen LogP contribution in [-0.2, 0) is 0 Å². The van der Waals surface area contributed by atoms with Crippen molar-refractivity contribution in [3.63, 3.8) is 0 Å². The SMILES string of the molecule is N#CC(CNCC(F)F)C(F)(F)F. The van der Waals surface area contributed by atoms with E-state index in [2.05, 4.69) is 0 Å². The predicted molar refractivity (Wildman–Crippen MR) is 34.0 cm³/mol. The molecule has 7 heteroatoms. The van der Waals surface area contributed by atoms with Gasteiger partial charge in [-0.2, -0.15) is 18.4 Å². The van der Waals surface area contributed by atoms with Gasteiger partial charge in [-0.05, 0) is 0 Å². The Morgan fingerprint density at radius 2 is 1.77 bits per heavy atom. The van der Waals surface area contributed by atoms with Gasteiger partial charge >= 0.3 is 6.18 Å². The van der Waals surface area contributed by atoms with E-state index in [1.807, 2.05) is 5.32 Å². The Morgan fingerprint density at radius 3 is 2.08 bits per heavy atom. The standard InChI is InChI=1S/C6H7F5N2/c7-5(8)3-13-2-4(1-12)6(9,10)11/h4-5,13H,2-3H2. The molecule has 0 aliphatic carbocycles. The van der Waals surface area contributed by atoms with Gasteiger partial charge in [-0.3, -0.25) is 0 Å². The second-order valence-electron chi connectivity index (χ2n) is 2.27. The van der Waals surface area contributed by atoms with E-state index in [-0.39, 0.29) is 0 Å². The molecule has 0 aromatic rings. The number of nitriles is 1. The normalized spacial score (nSPS) is 14.2. The van der Waals surface area contributed by atoms with E-state index in [4.69, 9.17) is 5.26 Å². The van der Waals surface area contributed by atoms with Crippen LogP contribution in [0, 0.1) is 17.2 Å². The molecule has 1 atom stereocenters. The molecule has 0 aromatic heterocycles. The Hall–Kier alpha value is -0.900. The van der Waals surface area contributed by atoms with Crippen LogP contribution < -0.4 is 5.32 Å². The van der Waals surface area contributed by atoms with Gasteiger partial charge in [0.25, 0.3) is 6.43 Å². The zero-order valence-electron chi connectivity index (χ0n) is 6.41. The molecule has 0 saturated heterocycles. The monoisotopic (exact) mass is 202 g/mol. The van der Waals surface area contributed by atoms with Crippen LogP contribution in [0.5, 0.6) is 0 Å². The van der Waals surface area contributed by atoms with Crippen LogP contribution in [0.2, 0.25) is 0 Å². The summed E-state index contributed by atoms with van der Waals surface area (Å²) in [5.41, 5.74) is 0. The molecule has 0 fully saturated rings. The highest BCUT2D eigenvalue weighted by Gasteiger charge is 2.39. The summed E-state index contributed by atoms with van der Waals surface area (Å²) in [6.45, 7) is -1.64. The molecule has 1 unspecified atom stereocenters. The van der Waals surface area contributed by atoms with Crippen molar-refractivity contribution in [2.75, 3.05) is 13.1 Å². The van der Waals surface area contributed by atoms with Gasteiger partial charge in [-0.1, -0.05) is 0 Å². The molecule has 0 radical (unpaired) electrons. The van der Waals surface area contributed by atoms with Crippen molar-refractivity contribution in [2.24, 2.45) is 5.92 Å². The lowest BCUT2D eigenvalue weighted by Gasteiger charge is -2.13. The lowest BCUT2D eigenvalue weighted by molar-refractivity contribution is -0.157. The molecule has 0 spiro atoms. The number of nitrogens with zero attached hydrogens (tertiary/aromatic N) is 1. The number of hydrogen-bond acceptors (Lipinski definition) is 2. The van der Waals surface area contributed by atoms with Crippen molar-refractivity contribution in [1.29, 1.82) is 5.26 Å². The minimum Gasteiger partial charge on any atom is -0.310 e. The fourth-order valence-electron chi connectivity index (χ4n) is 0.571. The van der Waals surface area contributed by atoms with Crippen molar-refractivity contribution >= 4 is 0 Å². The first-order valence-electron chi connectivity index (χ1n) is 3.33. The first-order chi connectivity index (χ1) is 5.88. The number of hydrogen-bond donors (Lipinski definition) is 1. The van der Waals surface area contributed by atoms with E-state index in [1.165, 1.54) is 0 Å². The molecule has 0 aliphatic heterocycles. The van der Waals surface area contributed by atoms with Crippen molar-refractivity contribution < 1.29 is 22.0 Å². The van der Waals surface area contributed by atoms with Crippen molar-refractivity contribution in [3.8, 4) is 6.07 Å². The Bertz CT molecular complexity index is 182. The van der Waals surface area contributed by atoms with Crippen molar-refractivity contribution in [3.05, 3.63) is 0 Å². The highest BCUT2D eigenvalue weighted by molar-refractivity contribution is 4.89. The Kier molecular flexibility index (Phi) is 4.62. The quantitative estimate of drug-likeness (QED) is 0.702. The smallest absolute Gasteiger partial charge is 0.310 e. The fourth-order valence-corrected chi connectivity index (χ4v) is 0.571. The van der Waals surface area contributed by atoms with Crippen LogP contribution >= 0.6 is 0 Å². The molecular weight excluding hydrogens is 195 g/mol. The summed E-state index contributed by atoms with van der Waals surface area (Å²) in [4.78, 5) is 0. The van der Waals surface area contributed by atoms with Crippen LogP contribution in [-0.4, -0.2) is 25.7 Å². The van der Waals surface area contributed by atoms with E-state index >= 15 is 0 Å². The zero-order chi connectivity index (χ0) is 10.5. The third-order valence-corrected chi connectivity index (χ3v) is 1.20. The minimum atomic E-state index is -4.66. The summed E-state index contributed by atoms with van der Waals surface area (Å²) in [5.74, 6) is -2.23. The lowest BCUT2D eigenvalue weighted by atomic mass is 10.1. The van der Waals surface area contributed by atoms with E-state index < -0.39 is 31.6 Å². The average Bonchev–Trinajstić information content (AvgIpc) is 1.95. The molecule has 0 aliphatic rings. The Morgan fingerprint density at radius 1 is 1.23 bits per heavy atom. The summed E-state index contributed by atoms with van der Waals surface area (Å²) in [5, 5.41) is 9.88. The average molecular weight is 202 g/mol. The fraction of sp³-hybridized carbons (Fsp3) is 0.833. The van der Waals surface area contributed by atoms with Gasteiger partial charge in [0.2, 0.25) is 0 Å². The van der Waals surface area contributed by atoms with Gasteiger partial charge < -0.3 is 5.32 Å². The maximum Gasteiger partial charge on any atom is 0.405 e. The van der Waals surface area contributed by atoms with Crippen molar-refractivity contribution in [1.82, 2.24) is 5.32 Å². The minimum absolute atomic E-state index is 0.801. The molecule has 0 bridgehead atoms. The number of nitrogens with one attached hydrogen (secondary N) is 1. The molecule has 1 N–H and O–H groups in total. The van der Waals surface area contributed by atoms with Crippen LogP contribution in [0.3, 0.4) is 0 Å². The third-order valence-electron chi connectivity index (χ3n) is 1.20. The van der Waals surface area contributed by atoms with E-state index in [0.717, 1.165) is 6.07 Å². The topological polar surface area (TPSA) is 35.8 Å². The number of halogens is 5. The second-order valence-corrected chi connectivity index (χ2v) is 2.27. The number of alkyl halides is 5. The molecule has 0 aromatic carbocycles. The summed E-state index contributed by atoms with van der Waals surface area (Å²) < 4.78 is 58.3. The summed E-state index contributed by atoms with van der Waals surface area (Å²) in [7, 11) is 0. The predicted octanol–water partition coefficient (Wildman–Crippen LogP) is 1.54. The zero-order valence-corrected chi connectivity index (χ0v) is 6.41. The maximum absolute atomic E-state index is 11.8. The van der Waals surface area contributed by atoms with Gasteiger partial charge in [0.05, 0.1) is 12.6 Å². The highest BCUT2D eigenvalue weighted by Crippen LogP contribution is 2.24. The molecule has 76 valence electrons. The third kappa shape index (κ3) is 5.36. The molecule has 2 nitrogen and oxygen atoms in total. The van der Waals surface area contributed by atoms with Crippen LogP contribution in [0.15, 0.2) is 0 Å². The maximum atomic E-state index is 11.8. The molecule has 0 saturated carbocycles. The second kappa shape index (κ2) is 4.97. The molecule has 0 rings (SSSR count). The van der Waals surface area contributed by atoms with Gasteiger partial charge in [-0.25, -0.2) is 8.78 Å². The van der Waals surface area contributed by atoms with E-state index in [9.17, 15) is 22.0 Å². The largest absolute Gasteiger partial charge is 0.405 e. The summed E-state index contributed by atoms with van der Waals surface area (Å²) in [6, 6.07) is 0.983. The first kappa shape index (κ1) is 12.1. The Balaban J connectivity index is 3.83. The summed E-state index contributed by atoms with van der Waals surface area (Å²) in [6.07, 6.45) is -7.38.